The van der Waals surface area contributed by atoms with E-state index in [-0.39, 0.29) is 5.82 Å². The van der Waals surface area contributed by atoms with Crippen LogP contribution in [0, 0.1) is 5.82 Å². The number of benzene rings is 1. The van der Waals surface area contributed by atoms with E-state index in [9.17, 15) is 4.39 Å². The van der Waals surface area contributed by atoms with Gasteiger partial charge in [0.05, 0.1) is 0 Å². The lowest BCUT2D eigenvalue weighted by Gasteiger charge is -2.17. The first kappa shape index (κ1) is 13.0. The lowest BCUT2D eigenvalue weighted by atomic mass is 10.1. The second-order valence-electron chi connectivity index (χ2n) is 4.29. The number of rotatable bonds is 6. The van der Waals surface area contributed by atoms with Gasteiger partial charge in [0, 0.05) is 12.2 Å². The largest absolute Gasteiger partial charge is 0.398 e. The summed E-state index contributed by atoms with van der Waals surface area (Å²) < 4.78 is 13.0. The molecule has 1 aromatic rings. The molecule has 0 bridgehead atoms. The van der Waals surface area contributed by atoms with Crippen LogP contribution in [-0.4, -0.2) is 18.5 Å². The molecule has 0 spiro atoms. The van der Waals surface area contributed by atoms with Gasteiger partial charge in [-0.05, 0) is 43.8 Å². The summed E-state index contributed by atoms with van der Waals surface area (Å²) in [5, 5.41) is 0. The molecule has 0 aliphatic carbocycles. The Kier molecular flexibility index (Phi) is 5.26. The van der Waals surface area contributed by atoms with Gasteiger partial charge < -0.3 is 10.6 Å². The fourth-order valence-electron chi connectivity index (χ4n) is 1.71. The van der Waals surface area contributed by atoms with Crippen LogP contribution >= 0.6 is 0 Å². The van der Waals surface area contributed by atoms with Crippen molar-refractivity contribution in [3.63, 3.8) is 0 Å². The normalized spacial score (nSPS) is 11.0. The van der Waals surface area contributed by atoms with E-state index in [0.29, 0.717) is 12.2 Å². The molecule has 3 heteroatoms. The fraction of sp³-hybridized carbons (Fsp3) is 0.538. The van der Waals surface area contributed by atoms with Gasteiger partial charge in [0.2, 0.25) is 0 Å². The third-order valence-electron chi connectivity index (χ3n) is 2.69. The Morgan fingerprint density at radius 3 is 2.75 bits per heavy atom. The Labute approximate surface area is 97.3 Å². The van der Waals surface area contributed by atoms with Gasteiger partial charge in [-0.3, -0.25) is 0 Å². The smallest absolute Gasteiger partial charge is 0.123 e. The number of nitrogens with two attached hydrogens (primary N) is 1. The minimum absolute atomic E-state index is 0.217. The maximum atomic E-state index is 13.0. The zero-order chi connectivity index (χ0) is 12.0. The van der Waals surface area contributed by atoms with Gasteiger partial charge in [-0.2, -0.15) is 0 Å². The molecular weight excluding hydrogens is 203 g/mol. The second kappa shape index (κ2) is 6.48. The molecule has 2 N–H and O–H groups in total. The zero-order valence-corrected chi connectivity index (χ0v) is 10.2. The van der Waals surface area contributed by atoms with E-state index in [4.69, 9.17) is 5.73 Å². The number of anilines is 1. The predicted molar refractivity (Wildman–Crippen MR) is 66.7 cm³/mol. The van der Waals surface area contributed by atoms with Gasteiger partial charge in [0.25, 0.3) is 0 Å². The molecule has 0 aliphatic rings. The Hall–Kier alpha value is -1.09. The fourth-order valence-corrected chi connectivity index (χ4v) is 1.71. The summed E-state index contributed by atoms with van der Waals surface area (Å²) in [6.07, 6.45) is 3.64. The van der Waals surface area contributed by atoms with E-state index in [2.05, 4.69) is 11.8 Å². The number of hydrogen-bond acceptors (Lipinski definition) is 2. The van der Waals surface area contributed by atoms with Crippen LogP contribution in [0.3, 0.4) is 0 Å². The maximum Gasteiger partial charge on any atom is 0.123 e. The Morgan fingerprint density at radius 1 is 1.31 bits per heavy atom. The molecule has 0 amide bonds. The molecule has 0 heterocycles. The van der Waals surface area contributed by atoms with Crippen molar-refractivity contribution < 1.29 is 4.39 Å². The van der Waals surface area contributed by atoms with Crippen LogP contribution < -0.4 is 5.73 Å². The molecule has 1 aromatic carbocycles. The summed E-state index contributed by atoms with van der Waals surface area (Å²) in [6, 6.07) is 4.55. The summed E-state index contributed by atoms with van der Waals surface area (Å²) in [7, 11) is 2.04. The second-order valence-corrected chi connectivity index (χ2v) is 4.29. The standard InChI is InChI=1S/C13H21FN2/c1-3-4-5-8-16(2)10-11-9-12(14)6-7-13(11)15/h6-7,9H,3-5,8,10,15H2,1-2H3. The van der Waals surface area contributed by atoms with Crippen molar-refractivity contribution in [2.75, 3.05) is 19.3 Å². The first-order valence-electron chi connectivity index (χ1n) is 5.86. The molecule has 0 unspecified atom stereocenters. The van der Waals surface area contributed by atoms with Gasteiger partial charge in [0.1, 0.15) is 5.82 Å². The van der Waals surface area contributed by atoms with Crippen molar-refractivity contribution in [2.45, 2.75) is 32.7 Å². The molecule has 0 saturated carbocycles. The third-order valence-corrected chi connectivity index (χ3v) is 2.69. The highest BCUT2D eigenvalue weighted by molar-refractivity contribution is 5.46. The van der Waals surface area contributed by atoms with Gasteiger partial charge >= 0.3 is 0 Å². The van der Waals surface area contributed by atoms with Crippen LogP contribution in [0.15, 0.2) is 18.2 Å². The minimum atomic E-state index is -0.217. The highest BCUT2D eigenvalue weighted by atomic mass is 19.1. The topological polar surface area (TPSA) is 29.3 Å². The number of nitrogens with zero attached hydrogens (tertiary/aromatic N) is 1. The van der Waals surface area contributed by atoms with Crippen LogP contribution in [-0.2, 0) is 6.54 Å². The van der Waals surface area contributed by atoms with E-state index in [1.165, 1.54) is 31.4 Å². The van der Waals surface area contributed by atoms with Crippen LogP contribution in [0.5, 0.6) is 0 Å². The van der Waals surface area contributed by atoms with Crippen molar-refractivity contribution in [2.24, 2.45) is 0 Å². The first-order chi connectivity index (χ1) is 7.63. The van der Waals surface area contributed by atoms with E-state index >= 15 is 0 Å². The lowest BCUT2D eigenvalue weighted by molar-refractivity contribution is 0.318. The van der Waals surface area contributed by atoms with Crippen molar-refractivity contribution in [1.29, 1.82) is 0 Å². The Morgan fingerprint density at radius 2 is 2.06 bits per heavy atom. The highest BCUT2D eigenvalue weighted by Gasteiger charge is 2.04. The molecule has 0 radical (unpaired) electrons. The Balaban J connectivity index is 2.48. The van der Waals surface area contributed by atoms with Crippen LogP contribution in [0.4, 0.5) is 10.1 Å². The summed E-state index contributed by atoms with van der Waals surface area (Å²) >= 11 is 0. The summed E-state index contributed by atoms with van der Waals surface area (Å²) in [5.74, 6) is -0.217. The predicted octanol–water partition coefficient (Wildman–Crippen LogP) is 3.03. The first-order valence-corrected chi connectivity index (χ1v) is 5.86. The van der Waals surface area contributed by atoms with Crippen molar-refractivity contribution in [3.8, 4) is 0 Å². The van der Waals surface area contributed by atoms with Crippen LogP contribution in [0.25, 0.3) is 0 Å². The van der Waals surface area contributed by atoms with Crippen molar-refractivity contribution in [3.05, 3.63) is 29.6 Å². The van der Waals surface area contributed by atoms with E-state index < -0.39 is 0 Å². The highest BCUT2D eigenvalue weighted by Crippen LogP contribution is 2.15. The third kappa shape index (κ3) is 4.19. The van der Waals surface area contributed by atoms with Crippen LogP contribution in [0.2, 0.25) is 0 Å². The molecule has 0 saturated heterocycles. The monoisotopic (exact) mass is 224 g/mol. The van der Waals surface area contributed by atoms with Gasteiger partial charge in [-0.25, -0.2) is 4.39 Å². The summed E-state index contributed by atoms with van der Waals surface area (Å²) in [5.41, 5.74) is 7.34. The Bertz CT molecular complexity index is 326. The van der Waals surface area contributed by atoms with Gasteiger partial charge in [0.15, 0.2) is 0 Å². The molecule has 2 nitrogen and oxygen atoms in total. The average Bonchev–Trinajstić information content (AvgIpc) is 2.24. The number of unbranched alkanes of at least 4 members (excludes halogenated alkanes) is 2. The molecule has 1 rings (SSSR count). The summed E-state index contributed by atoms with van der Waals surface area (Å²) in [4.78, 5) is 2.18. The number of halogens is 1. The van der Waals surface area contributed by atoms with E-state index in [1.807, 2.05) is 7.05 Å². The SMILES string of the molecule is CCCCCN(C)Cc1cc(F)ccc1N. The molecule has 0 atom stereocenters. The molecule has 16 heavy (non-hydrogen) atoms. The van der Waals surface area contributed by atoms with E-state index in [1.54, 1.807) is 6.07 Å². The molecule has 0 aliphatic heterocycles. The van der Waals surface area contributed by atoms with Crippen LogP contribution in [0.1, 0.15) is 31.7 Å². The van der Waals surface area contributed by atoms with E-state index in [0.717, 1.165) is 12.1 Å². The van der Waals surface area contributed by atoms with Crippen molar-refractivity contribution in [1.82, 2.24) is 4.90 Å². The number of hydrogen-bond donors (Lipinski definition) is 1. The molecule has 90 valence electrons. The zero-order valence-electron chi connectivity index (χ0n) is 10.2. The number of nitrogen functional groups attached to an aromatic ring is 1. The lowest BCUT2D eigenvalue weighted by Crippen LogP contribution is -2.19. The van der Waals surface area contributed by atoms with Crippen molar-refractivity contribution >= 4 is 5.69 Å². The quantitative estimate of drug-likeness (QED) is 0.594. The molecular formula is C13H21FN2. The van der Waals surface area contributed by atoms with Gasteiger partial charge in [-0.1, -0.05) is 19.8 Å². The summed E-state index contributed by atoms with van der Waals surface area (Å²) in [6.45, 7) is 3.93. The molecule has 0 fully saturated rings. The maximum absolute atomic E-state index is 13.0. The molecule has 0 aromatic heterocycles. The minimum Gasteiger partial charge on any atom is -0.398 e. The van der Waals surface area contributed by atoms with Gasteiger partial charge in [-0.15, -0.1) is 0 Å². The average molecular weight is 224 g/mol.